The maximum absolute atomic E-state index is 14.0. The van der Waals surface area contributed by atoms with Crippen molar-refractivity contribution >= 4 is 23.2 Å². The summed E-state index contributed by atoms with van der Waals surface area (Å²) in [6.07, 6.45) is 21.4. The molecule has 2 amide bonds. The van der Waals surface area contributed by atoms with Crippen LogP contribution in [0.4, 0.5) is 28.9 Å². The summed E-state index contributed by atoms with van der Waals surface area (Å²) in [6.45, 7) is 1.72. The summed E-state index contributed by atoms with van der Waals surface area (Å²) in [5.41, 5.74) is 0.882. The van der Waals surface area contributed by atoms with Crippen LogP contribution in [0.1, 0.15) is 46.4 Å². The molecule has 2 heterocycles. The molecule has 2 saturated heterocycles. The van der Waals surface area contributed by atoms with Gasteiger partial charge in [-0.2, -0.15) is 12.2 Å². The molecule has 0 saturated carbocycles. The van der Waals surface area contributed by atoms with Gasteiger partial charge in [0.05, 0.1) is 12.2 Å². The third kappa shape index (κ3) is 13.1. The van der Waals surface area contributed by atoms with Gasteiger partial charge in [-0.25, -0.2) is 41.9 Å². The van der Waals surface area contributed by atoms with Crippen molar-refractivity contribution in [2.75, 3.05) is 36.1 Å². The first-order valence-electron chi connectivity index (χ1n) is 17.4. The molecule has 11 heteroatoms. The van der Waals surface area contributed by atoms with E-state index in [2.05, 4.69) is 24.3 Å². The Morgan fingerprint density at radius 3 is 1.24 bits per heavy atom. The predicted molar refractivity (Wildman–Crippen MR) is 198 cm³/mol. The Labute approximate surface area is 334 Å². The van der Waals surface area contributed by atoms with E-state index in [0.29, 0.717) is 24.3 Å². The third-order valence-electron chi connectivity index (χ3n) is 8.33. The molecule has 4 aromatic rings. The standard InChI is InChI=1S/2C17H14F2NO2.2C5H5.Ti/c2*18-13-6-7-16(15(19)10-13)20(11-14-8-9-22-14)17(21)12-4-2-1-3-5-12;2*1-2-4-5-3-1;/h2*1-7,14H,8-9,11H2;2*1-3H,4H2;/q4*-1;+4. The molecule has 2 atom stereocenters. The summed E-state index contributed by atoms with van der Waals surface area (Å²) >= 11 is 0. The average molecular weight is 783 g/mol. The van der Waals surface area contributed by atoms with Crippen LogP contribution in [0, 0.1) is 47.6 Å². The molecule has 4 aromatic carbocycles. The molecular formula is C44H38F4N2O4Ti. The minimum Gasteiger partial charge on any atom is -0.376 e. The Morgan fingerprint density at radius 1 is 0.600 bits per heavy atom. The average Bonchev–Trinajstić information content (AvgIpc) is 3.94. The van der Waals surface area contributed by atoms with Crippen LogP contribution >= 0.6 is 0 Å². The number of allylic oxidation sites excluding steroid dienone is 8. The Hall–Kier alpha value is -4.87. The van der Waals surface area contributed by atoms with E-state index >= 15 is 0 Å². The molecule has 2 aliphatic carbocycles. The minimum atomic E-state index is -0.886. The Balaban J connectivity index is 0.000000192. The second kappa shape index (κ2) is 22.5. The number of nitrogens with zero attached hydrogens (tertiary/aromatic N) is 2. The van der Waals surface area contributed by atoms with Gasteiger partial charge in [0.15, 0.2) is 0 Å². The number of carbonyl (C=O) groups excluding carboxylic acids is 2. The maximum atomic E-state index is 14.0. The number of rotatable bonds is 8. The molecule has 0 radical (unpaired) electrons. The van der Waals surface area contributed by atoms with E-state index in [1.54, 1.807) is 60.7 Å². The Kier molecular flexibility index (Phi) is 17.5. The maximum Gasteiger partial charge on any atom is 4.00 e. The van der Waals surface area contributed by atoms with Gasteiger partial charge >= 0.3 is 21.7 Å². The van der Waals surface area contributed by atoms with E-state index < -0.39 is 23.3 Å². The van der Waals surface area contributed by atoms with Crippen LogP contribution in [-0.2, 0) is 31.2 Å². The number of anilines is 2. The molecule has 8 rings (SSSR count). The zero-order chi connectivity index (χ0) is 38.1. The summed E-state index contributed by atoms with van der Waals surface area (Å²) < 4.78 is 64.8. The molecule has 280 valence electrons. The normalized spacial score (nSPS) is 16.7. The quantitative estimate of drug-likeness (QED) is 0.102. The van der Waals surface area contributed by atoms with Crippen LogP contribution in [0.15, 0.2) is 121 Å². The van der Waals surface area contributed by atoms with E-state index in [4.69, 9.17) is 9.47 Å². The predicted octanol–water partition coefficient (Wildman–Crippen LogP) is 9.01. The molecule has 2 fully saturated rings. The number of hydrogen-bond donors (Lipinski definition) is 0. The van der Waals surface area contributed by atoms with Crippen LogP contribution in [0.2, 0.25) is 0 Å². The molecule has 0 spiro atoms. The monoisotopic (exact) mass is 782 g/mol. The number of carbonyl (C=O) groups is 2. The van der Waals surface area contributed by atoms with Crippen molar-refractivity contribution in [3.63, 3.8) is 0 Å². The fourth-order valence-corrected chi connectivity index (χ4v) is 5.29. The summed E-state index contributed by atoms with van der Waals surface area (Å²) in [5.74, 6) is -4.07. The van der Waals surface area contributed by atoms with E-state index in [0.717, 1.165) is 37.8 Å². The van der Waals surface area contributed by atoms with Gasteiger partial charge in [0.1, 0.15) is 0 Å². The fraction of sp³-hybridized carbons (Fsp3) is 0.227. The van der Waals surface area contributed by atoms with E-state index in [1.807, 2.05) is 36.4 Å². The first-order chi connectivity index (χ1) is 26.3. The van der Waals surface area contributed by atoms with Crippen LogP contribution in [0.5, 0.6) is 0 Å². The van der Waals surface area contributed by atoms with Gasteiger partial charge in [-0.1, -0.05) is 36.4 Å². The number of ether oxygens (including phenoxy) is 2. The second-order valence-corrected chi connectivity index (χ2v) is 12.1. The van der Waals surface area contributed by atoms with Gasteiger partial charge in [0.2, 0.25) is 11.8 Å². The molecule has 55 heavy (non-hydrogen) atoms. The topological polar surface area (TPSA) is 59.1 Å². The van der Waals surface area contributed by atoms with E-state index in [9.17, 15) is 27.2 Å². The van der Waals surface area contributed by atoms with Crippen LogP contribution < -0.4 is 9.80 Å². The first kappa shape index (κ1) is 42.9. The number of amides is 2. The van der Waals surface area contributed by atoms with Crippen molar-refractivity contribution in [1.29, 1.82) is 0 Å². The van der Waals surface area contributed by atoms with Crippen LogP contribution in [-0.4, -0.2) is 50.3 Å². The largest absolute Gasteiger partial charge is 4.00 e. The SMILES string of the molecule is O=C(c1ccccc1)N(CC1CCO1)c1ccc(F)[c-]c1F.O=C(c1ccccc1)N(CC1CCO1)c1ccc(F)[c-]c1F.[C-]1=CC=CC1.[C-]1=CC=CC1.[Ti+4]. The van der Waals surface area contributed by atoms with Crippen molar-refractivity contribution in [1.82, 2.24) is 0 Å². The van der Waals surface area contributed by atoms with Gasteiger partial charge in [0, 0.05) is 60.7 Å². The number of halogens is 4. The van der Waals surface area contributed by atoms with Gasteiger partial charge in [0.25, 0.3) is 0 Å². The minimum absolute atomic E-state index is 0. The van der Waals surface area contributed by atoms with Gasteiger partial charge < -0.3 is 19.3 Å². The first-order valence-corrected chi connectivity index (χ1v) is 17.4. The van der Waals surface area contributed by atoms with Crippen molar-refractivity contribution in [2.45, 2.75) is 37.9 Å². The van der Waals surface area contributed by atoms with Crippen LogP contribution in [0.3, 0.4) is 0 Å². The van der Waals surface area contributed by atoms with Crippen molar-refractivity contribution in [3.05, 3.63) is 180 Å². The molecule has 0 bridgehead atoms. The van der Waals surface area contributed by atoms with Gasteiger partial charge in [-0.15, -0.1) is 49.2 Å². The summed E-state index contributed by atoms with van der Waals surface area (Å²) in [6, 6.07) is 25.8. The Morgan fingerprint density at radius 2 is 0.982 bits per heavy atom. The zero-order valence-corrected chi connectivity index (χ0v) is 31.5. The molecular weight excluding hydrogens is 744 g/mol. The summed E-state index contributed by atoms with van der Waals surface area (Å²) in [4.78, 5) is 27.9. The van der Waals surface area contributed by atoms with Gasteiger partial charge in [-0.05, 0) is 48.5 Å². The summed E-state index contributed by atoms with van der Waals surface area (Å²) in [7, 11) is 0. The van der Waals surface area contributed by atoms with E-state index in [-0.39, 0.29) is 70.2 Å². The molecule has 0 aromatic heterocycles. The summed E-state index contributed by atoms with van der Waals surface area (Å²) in [5, 5.41) is 0. The van der Waals surface area contributed by atoms with E-state index in [1.165, 1.54) is 21.9 Å². The second-order valence-electron chi connectivity index (χ2n) is 12.1. The van der Waals surface area contributed by atoms with Crippen molar-refractivity contribution in [3.8, 4) is 0 Å². The molecule has 0 N–H and O–H groups in total. The fourth-order valence-electron chi connectivity index (χ4n) is 5.29. The third-order valence-corrected chi connectivity index (χ3v) is 8.33. The Bertz CT molecular complexity index is 1790. The number of benzene rings is 4. The van der Waals surface area contributed by atoms with Crippen molar-refractivity contribution < 1.29 is 58.3 Å². The van der Waals surface area contributed by atoms with Gasteiger partial charge in [-0.3, -0.25) is 21.7 Å². The zero-order valence-electron chi connectivity index (χ0n) is 29.9. The number of hydrogen-bond acceptors (Lipinski definition) is 4. The molecule has 2 unspecified atom stereocenters. The van der Waals surface area contributed by atoms with Crippen LogP contribution in [0.25, 0.3) is 0 Å². The van der Waals surface area contributed by atoms with Crippen molar-refractivity contribution in [2.24, 2.45) is 0 Å². The molecule has 6 nitrogen and oxygen atoms in total. The molecule has 2 aliphatic heterocycles. The smallest absolute Gasteiger partial charge is 0.376 e. The molecule has 4 aliphatic rings.